The smallest absolute Gasteiger partial charge is 0.220 e. The number of hydrogen-bond acceptors (Lipinski definition) is 2. The first-order chi connectivity index (χ1) is 10.2. The molecule has 0 radical (unpaired) electrons. The lowest BCUT2D eigenvalue weighted by molar-refractivity contribution is -0.121. The fourth-order valence-corrected chi connectivity index (χ4v) is 3.13. The van der Waals surface area contributed by atoms with Gasteiger partial charge in [-0.05, 0) is 44.0 Å². The maximum atomic E-state index is 11.9. The highest BCUT2D eigenvalue weighted by atomic mass is 35.5. The lowest BCUT2D eigenvalue weighted by atomic mass is 10.1. The van der Waals surface area contributed by atoms with Crippen LogP contribution in [0.25, 0.3) is 0 Å². The van der Waals surface area contributed by atoms with Crippen LogP contribution in [-0.4, -0.2) is 30.4 Å². The van der Waals surface area contributed by atoms with Gasteiger partial charge in [-0.15, -0.1) is 0 Å². The number of benzene rings is 1. The van der Waals surface area contributed by atoms with Crippen molar-refractivity contribution in [3.8, 4) is 0 Å². The van der Waals surface area contributed by atoms with Gasteiger partial charge < -0.3 is 5.32 Å². The van der Waals surface area contributed by atoms with E-state index in [1.54, 1.807) is 0 Å². The molecule has 1 fully saturated rings. The standard InChI is InChI=1S/C17H25ClN2O/c1-2-3-10-17(21)19-13-16(20-11-6-7-12-20)14-8-4-5-9-15(14)18/h4-5,8-9,16H,2-3,6-7,10-13H2,1H3,(H,19,21). The summed E-state index contributed by atoms with van der Waals surface area (Å²) in [5.74, 6) is 0.146. The summed E-state index contributed by atoms with van der Waals surface area (Å²) < 4.78 is 0. The van der Waals surface area contributed by atoms with E-state index in [4.69, 9.17) is 11.6 Å². The molecule has 0 spiro atoms. The second-order valence-electron chi connectivity index (χ2n) is 5.69. The lowest BCUT2D eigenvalue weighted by Gasteiger charge is -2.29. The van der Waals surface area contributed by atoms with Crippen LogP contribution in [-0.2, 0) is 4.79 Å². The highest BCUT2D eigenvalue weighted by Gasteiger charge is 2.25. The summed E-state index contributed by atoms with van der Waals surface area (Å²) in [4.78, 5) is 14.3. The normalized spacial score (nSPS) is 16.9. The van der Waals surface area contributed by atoms with Crippen LogP contribution in [0.3, 0.4) is 0 Å². The molecule has 0 aliphatic carbocycles. The van der Waals surface area contributed by atoms with Crippen LogP contribution in [0.4, 0.5) is 0 Å². The van der Waals surface area contributed by atoms with E-state index in [2.05, 4.69) is 23.2 Å². The maximum Gasteiger partial charge on any atom is 0.220 e. The molecule has 1 aliphatic heterocycles. The largest absolute Gasteiger partial charge is 0.354 e. The van der Waals surface area contributed by atoms with Crippen molar-refractivity contribution in [3.63, 3.8) is 0 Å². The van der Waals surface area contributed by atoms with Crippen molar-refractivity contribution in [2.24, 2.45) is 0 Å². The monoisotopic (exact) mass is 308 g/mol. The number of carbonyl (C=O) groups is 1. The molecule has 1 unspecified atom stereocenters. The van der Waals surface area contributed by atoms with Crippen LogP contribution in [0.1, 0.15) is 50.6 Å². The summed E-state index contributed by atoms with van der Waals surface area (Å²) >= 11 is 6.36. The fraction of sp³-hybridized carbons (Fsp3) is 0.588. The Kier molecular flexibility index (Phi) is 6.52. The molecule has 4 heteroatoms. The predicted octanol–water partition coefficient (Wildman–Crippen LogP) is 3.78. The second-order valence-corrected chi connectivity index (χ2v) is 6.10. The van der Waals surface area contributed by atoms with Crippen LogP contribution in [0.2, 0.25) is 5.02 Å². The molecule has 0 bridgehead atoms. The summed E-state index contributed by atoms with van der Waals surface area (Å²) in [6, 6.07) is 8.16. The van der Waals surface area contributed by atoms with E-state index in [0.29, 0.717) is 13.0 Å². The van der Waals surface area contributed by atoms with Gasteiger partial charge in [0.2, 0.25) is 5.91 Å². The molecule has 116 valence electrons. The average molecular weight is 309 g/mol. The Hall–Kier alpha value is -1.06. The van der Waals surface area contributed by atoms with E-state index in [1.807, 2.05) is 18.2 Å². The van der Waals surface area contributed by atoms with Crippen molar-refractivity contribution >= 4 is 17.5 Å². The van der Waals surface area contributed by atoms with Gasteiger partial charge in [0.1, 0.15) is 0 Å². The number of likely N-dealkylation sites (tertiary alicyclic amines) is 1. The van der Waals surface area contributed by atoms with Gasteiger partial charge in [-0.3, -0.25) is 9.69 Å². The molecule has 1 saturated heterocycles. The van der Waals surface area contributed by atoms with Gasteiger partial charge in [0.15, 0.2) is 0 Å². The van der Waals surface area contributed by atoms with Crippen LogP contribution in [0.5, 0.6) is 0 Å². The van der Waals surface area contributed by atoms with E-state index in [0.717, 1.165) is 36.5 Å². The third-order valence-corrected chi connectivity index (χ3v) is 4.44. The number of rotatable bonds is 7. The fourth-order valence-electron chi connectivity index (χ4n) is 2.87. The molecule has 2 rings (SSSR count). The summed E-state index contributed by atoms with van der Waals surface area (Å²) in [5.41, 5.74) is 1.12. The Morgan fingerprint density at radius 2 is 2.05 bits per heavy atom. The molecule has 0 aromatic heterocycles. The summed E-state index contributed by atoms with van der Waals surface area (Å²) in [6.45, 7) is 4.91. The van der Waals surface area contributed by atoms with Crippen molar-refractivity contribution in [1.29, 1.82) is 0 Å². The van der Waals surface area contributed by atoms with E-state index < -0.39 is 0 Å². The number of hydrogen-bond donors (Lipinski definition) is 1. The zero-order valence-corrected chi connectivity index (χ0v) is 13.5. The van der Waals surface area contributed by atoms with Gasteiger partial charge in [-0.1, -0.05) is 43.1 Å². The van der Waals surface area contributed by atoms with Crippen LogP contribution in [0.15, 0.2) is 24.3 Å². The number of nitrogens with one attached hydrogen (secondary N) is 1. The van der Waals surface area contributed by atoms with Crippen LogP contribution >= 0.6 is 11.6 Å². The molecule has 1 aromatic rings. The first-order valence-electron chi connectivity index (χ1n) is 7.97. The van der Waals surface area contributed by atoms with Gasteiger partial charge in [0, 0.05) is 18.0 Å². The minimum Gasteiger partial charge on any atom is -0.354 e. The van der Waals surface area contributed by atoms with Crippen molar-refractivity contribution in [3.05, 3.63) is 34.9 Å². The molecule has 1 aromatic carbocycles. The van der Waals surface area contributed by atoms with E-state index in [-0.39, 0.29) is 11.9 Å². The third kappa shape index (κ3) is 4.72. The van der Waals surface area contributed by atoms with Gasteiger partial charge in [0.25, 0.3) is 0 Å². The summed E-state index contributed by atoms with van der Waals surface area (Å²) in [6.07, 6.45) is 5.07. The van der Waals surface area contributed by atoms with Gasteiger partial charge >= 0.3 is 0 Å². The van der Waals surface area contributed by atoms with Gasteiger partial charge in [-0.25, -0.2) is 0 Å². The van der Waals surface area contributed by atoms with Crippen molar-refractivity contribution in [2.45, 2.75) is 45.1 Å². The first kappa shape index (κ1) is 16.3. The zero-order chi connectivity index (χ0) is 15.1. The molecule has 0 saturated carbocycles. The Labute approximate surface area is 132 Å². The molecule has 1 atom stereocenters. The van der Waals surface area contributed by atoms with Crippen LogP contribution in [0, 0.1) is 0 Å². The SMILES string of the molecule is CCCCC(=O)NCC(c1ccccc1Cl)N1CCCC1. The quantitative estimate of drug-likeness (QED) is 0.831. The third-order valence-electron chi connectivity index (χ3n) is 4.10. The van der Waals surface area contributed by atoms with E-state index >= 15 is 0 Å². The summed E-state index contributed by atoms with van der Waals surface area (Å²) in [5, 5.41) is 3.87. The maximum absolute atomic E-state index is 11.9. The highest BCUT2D eigenvalue weighted by molar-refractivity contribution is 6.31. The molecule has 1 aliphatic rings. The Morgan fingerprint density at radius 1 is 1.33 bits per heavy atom. The van der Waals surface area contributed by atoms with E-state index in [9.17, 15) is 4.79 Å². The number of carbonyl (C=O) groups excluding carboxylic acids is 1. The van der Waals surface area contributed by atoms with E-state index in [1.165, 1.54) is 12.8 Å². The molecular weight excluding hydrogens is 284 g/mol. The number of halogens is 1. The van der Waals surface area contributed by atoms with Crippen LogP contribution < -0.4 is 5.32 Å². The Morgan fingerprint density at radius 3 is 2.71 bits per heavy atom. The second kappa shape index (κ2) is 8.40. The van der Waals surface area contributed by atoms with Gasteiger partial charge in [0.05, 0.1) is 6.04 Å². The molecule has 1 amide bonds. The summed E-state index contributed by atoms with van der Waals surface area (Å²) in [7, 11) is 0. The predicted molar refractivity (Wildman–Crippen MR) is 87.5 cm³/mol. The Balaban J connectivity index is 2.03. The molecule has 21 heavy (non-hydrogen) atoms. The minimum absolute atomic E-state index is 0.146. The Bertz CT molecular complexity index is 458. The number of amides is 1. The molecular formula is C17H25ClN2O. The molecule has 1 N–H and O–H groups in total. The number of nitrogens with zero attached hydrogens (tertiary/aromatic N) is 1. The molecule has 1 heterocycles. The van der Waals surface area contributed by atoms with Crippen molar-refractivity contribution in [1.82, 2.24) is 10.2 Å². The zero-order valence-electron chi connectivity index (χ0n) is 12.8. The van der Waals surface area contributed by atoms with Crippen molar-refractivity contribution in [2.75, 3.05) is 19.6 Å². The first-order valence-corrected chi connectivity index (χ1v) is 8.35. The topological polar surface area (TPSA) is 32.3 Å². The average Bonchev–Trinajstić information content (AvgIpc) is 3.01. The van der Waals surface area contributed by atoms with Gasteiger partial charge in [-0.2, -0.15) is 0 Å². The van der Waals surface area contributed by atoms with Crippen molar-refractivity contribution < 1.29 is 4.79 Å². The molecule has 3 nitrogen and oxygen atoms in total. The minimum atomic E-state index is 0.146. The number of unbranched alkanes of at least 4 members (excludes halogenated alkanes) is 1. The highest BCUT2D eigenvalue weighted by Crippen LogP contribution is 2.29. The lowest BCUT2D eigenvalue weighted by Crippen LogP contribution is -2.36.